The van der Waals surface area contributed by atoms with E-state index in [0.29, 0.717) is 25.2 Å². The van der Waals surface area contributed by atoms with Gasteiger partial charge >= 0.3 is 0 Å². The lowest BCUT2D eigenvalue weighted by Crippen LogP contribution is -2.48. The van der Waals surface area contributed by atoms with Gasteiger partial charge in [-0.1, -0.05) is 13.8 Å². The van der Waals surface area contributed by atoms with Crippen molar-refractivity contribution in [3.8, 4) is 0 Å². The first-order chi connectivity index (χ1) is 7.77. The lowest BCUT2D eigenvalue weighted by molar-refractivity contribution is 0.0867. The zero-order valence-corrected chi connectivity index (χ0v) is 10.6. The Bertz CT molecular complexity index is 178. The fourth-order valence-corrected chi connectivity index (χ4v) is 2.31. The second-order valence-corrected chi connectivity index (χ2v) is 4.56. The van der Waals surface area contributed by atoms with Crippen LogP contribution < -0.4 is 5.32 Å². The minimum atomic E-state index is 0.116. The Hall–Kier alpha value is -0.160. The molecule has 1 saturated heterocycles. The molecule has 16 heavy (non-hydrogen) atoms. The van der Waals surface area contributed by atoms with Crippen molar-refractivity contribution in [1.82, 2.24) is 10.2 Å². The molecule has 0 saturated carbocycles. The van der Waals surface area contributed by atoms with Gasteiger partial charge in [-0.3, -0.25) is 0 Å². The number of rotatable bonds is 7. The zero-order valence-electron chi connectivity index (χ0n) is 10.6. The molecule has 0 aliphatic carbocycles. The van der Waals surface area contributed by atoms with E-state index in [2.05, 4.69) is 24.1 Å². The van der Waals surface area contributed by atoms with Gasteiger partial charge < -0.3 is 20.1 Å². The largest absolute Gasteiger partial charge is 0.394 e. The summed E-state index contributed by atoms with van der Waals surface area (Å²) < 4.78 is 5.23. The lowest BCUT2D eigenvalue weighted by Gasteiger charge is -2.36. The van der Waals surface area contributed by atoms with Gasteiger partial charge in [0.2, 0.25) is 0 Å². The first-order valence-corrected chi connectivity index (χ1v) is 6.42. The normalized spacial score (nSPS) is 27.2. The van der Waals surface area contributed by atoms with E-state index < -0.39 is 0 Å². The molecule has 0 aromatic carbocycles. The molecule has 1 heterocycles. The maximum absolute atomic E-state index is 8.56. The van der Waals surface area contributed by atoms with Crippen molar-refractivity contribution in [2.24, 2.45) is 5.92 Å². The maximum Gasteiger partial charge on any atom is 0.0698 e. The monoisotopic (exact) mass is 230 g/mol. The number of aliphatic hydroxyl groups excluding tert-OH is 1. The third-order valence-electron chi connectivity index (χ3n) is 3.33. The predicted molar refractivity (Wildman–Crippen MR) is 65.6 cm³/mol. The van der Waals surface area contributed by atoms with Crippen molar-refractivity contribution >= 4 is 0 Å². The molecule has 1 fully saturated rings. The molecule has 4 nitrogen and oxygen atoms in total. The van der Waals surface area contributed by atoms with Crippen LogP contribution in [-0.4, -0.2) is 62.0 Å². The van der Waals surface area contributed by atoms with Crippen LogP contribution in [0.4, 0.5) is 0 Å². The molecule has 0 aromatic rings. The van der Waals surface area contributed by atoms with Gasteiger partial charge in [-0.05, 0) is 25.4 Å². The molecule has 1 aliphatic heterocycles. The molecular formula is C12H26N2O2. The average Bonchev–Trinajstić information content (AvgIpc) is 2.30. The number of nitrogens with zero attached hydrogens (tertiary/aromatic N) is 1. The molecule has 4 heteroatoms. The van der Waals surface area contributed by atoms with E-state index >= 15 is 0 Å². The number of aliphatic hydroxyl groups is 1. The van der Waals surface area contributed by atoms with Crippen LogP contribution in [0.5, 0.6) is 0 Å². The van der Waals surface area contributed by atoms with Crippen LogP contribution in [-0.2, 0) is 4.74 Å². The van der Waals surface area contributed by atoms with Crippen molar-refractivity contribution in [3.05, 3.63) is 0 Å². The van der Waals surface area contributed by atoms with Gasteiger partial charge in [0.15, 0.2) is 0 Å². The van der Waals surface area contributed by atoms with Gasteiger partial charge in [0.05, 0.1) is 19.8 Å². The molecule has 2 N–H and O–H groups in total. The van der Waals surface area contributed by atoms with Crippen molar-refractivity contribution in [2.75, 3.05) is 46.0 Å². The molecule has 2 unspecified atom stereocenters. The molecule has 0 spiro atoms. The van der Waals surface area contributed by atoms with Crippen LogP contribution in [0.3, 0.4) is 0 Å². The van der Waals surface area contributed by atoms with Gasteiger partial charge in [0.25, 0.3) is 0 Å². The van der Waals surface area contributed by atoms with Crippen LogP contribution in [0.2, 0.25) is 0 Å². The third kappa shape index (κ3) is 4.78. The highest BCUT2D eigenvalue weighted by Crippen LogP contribution is 2.15. The highest BCUT2D eigenvalue weighted by atomic mass is 16.5. The Morgan fingerprint density at radius 3 is 2.88 bits per heavy atom. The number of ether oxygens (including phenoxy) is 1. The molecule has 0 radical (unpaired) electrons. The van der Waals surface area contributed by atoms with E-state index in [1.807, 2.05) is 0 Å². The van der Waals surface area contributed by atoms with Gasteiger partial charge in [-0.2, -0.15) is 0 Å². The second-order valence-electron chi connectivity index (χ2n) is 4.56. The first-order valence-electron chi connectivity index (χ1n) is 6.42. The van der Waals surface area contributed by atoms with E-state index in [1.165, 1.54) is 19.5 Å². The minimum Gasteiger partial charge on any atom is -0.394 e. The van der Waals surface area contributed by atoms with Gasteiger partial charge in [-0.15, -0.1) is 0 Å². The van der Waals surface area contributed by atoms with Crippen molar-refractivity contribution in [2.45, 2.75) is 26.3 Å². The zero-order chi connectivity index (χ0) is 11.8. The second kappa shape index (κ2) is 8.01. The Morgan fingerprint density at radius 1 is 1.44 bits per heavy atom. The topological polar surface area (TPSA) is 44.7 Å². The summed E-state index contributed by atoms with van der Waals surface area (Å²) in [4.78, 5) is 2.51. The van der Waals surface area contributed by atoms with Crippen LogP contribution in [0.25, 0.3) is 0 Å². The maximum atomic E-state index is 8.56. The average molecular weight is 230 g/mol. The van der Waals surface area contributed by atoms with Crippen molar-refractivity contribution in [3.63, 3.8) is 0 Å². The summed E-state index contributed by atoms with van der Waals surface area (Å²) in [5, 5.41) is 12.1. The quantitative estimate of drug-likeness (QED) is 0.618. The summed E-state index contributed by atoms with van der Waals surface area (Å²) in [5.74, 6) is 0.714. The summed E-state index contributed by atoms with van der Waals surface area (Å²) in [6.45, 7) is 10.3. The number of hydrogen-bond acceptors (Lipinski definition) is 4. The molecular weight excluding hydrogens is 204 g/mol. The van der Waals surface area contributed by atoms with E-state index in [9.17, 15) is 0 Å². The SMILES string of the molecule is CCN1CCC(NCCOCCO)C(C)C1. The van der Waals surface area contributed by atoms with Crippen LogP contribution in [0, 0.1) is 5.92 Å². The summed E-state index contributed by atoms with van der Waals surface area (Å²) in [6, 6.07) is 0.625. The third-order valence-corrected chi connectivity index (χ3v) is 3.33. The number of hydrogen-bond donors (Lipinski definition) is 2. The van der Waals surface area contributed by atoms with Crippen molar-refractivity contribution in [1.29, 1.82) is 0 Å². The van der Waals surface area contributed by atoms with Gasteiger partial charge in [0.1, 0.15) is 0 Å². The van der Waals surface area contributed by atoms with Gasteiger partial charge in [-0.25, -0.2) is 0 Å². The highest BCUT2D eigenvalue weighted by Gasteiger charge is 2.24. The molecule has 96 valence electrons. The van der Waals surface area contributed by atoms with E-state index in [4.69, 9.17) is 9.84 Å². The van der Waals surface area contributed by atoms with E-state index in [1.54, 1.807) is 0 Å². The highest BCUT2D eigenvalue weighted by molar-refractivity contribution is 4.82. The standard InChI is InChI=1S/C12H26N2O2/c1-3-14-6-4-12(11(2)10-14)13-5-8-16-9-7-15/h11-13,15H,3-10H2,1-2H3. The smallest absolute Gasteiger partial charge is 0.0698 e. The molecule has 0 aromatic heterocycles. The molecule has 1 rings (SSSR count). The van der Waals surface area contributed by atoms with Crippen LogP contribution >= 0.6 is 0 Å². The Morgan fingerprint density at radius 2 is 2.25 bits per heavy atom. The Kier molecular flexibility index (Phi) is 6.96. The number of likely N-dealkylation sites (tertiary alicyclic amines) is 1. The fraction of sp³-hybridized carbons (Fsp3) is 1.00. The molecule has 1 aliphatic rings. The molecule has 0 amide bonds. The summed E-state index contributed by atoms with van der Waals surface area (Å²) in [7, 11) is 0. The Labute approximate surface area is 99.0 Å². The fourth-order valence-electron chi connectivity index (χ4n) is 2.31. The predicted octanol–water partition coefficient (Wildman–Crippen LogP) is 0.315. The number of piperidine rings is 1. The van der Waals surface area contributed by atoms with Gasteiger partial charge in [0, 0.05) is 19.1 Å². The van der Waals surface area contributed by atoms with E-state index in [0.717, 1.165) is 13.1 Å². The first kappa shape index (κ1) is 13.9. The van der Waals surface area contributed by atoms with E-state index in [-0.39, 0.29) is 6.61 Å². The lowest BCUT2D eigenvalue weighted by atomic mass is 9.94. The van der Waals surface area contributed by atoms with Crippen molar-refractivity contribution < 1.29 is 9.84 Å². The van der Waals surface area contributed by atoms with Crippen LogP contribution in [0.1, 0.15) is 20.3 Å². The molecule has 0 bridgehead atoms. The molecule has 2 atom stereocenters. The summed E-state index contributed by atoms with van der Waals surface area (Å²) in [6.07, 6.45) is 1.23. The Balaban J connectivity index is 2.08. The summed E-state index contributed by atoms with van der Waals surface area (Å²) in [5.41, 5.74) is 0. The minimum absolute atomic E-state index is 0.116. The number of nitrogens with one attached hydrogen (secondary N) is 1. The van der Waals surface area contributed by atoms with Crippen LogP contribution in [0.15, 0.2) is 0 Å². The summed E-state index contributed by atoms with van der Waals surface area (Å²) >= 11 is 0.